The van der Waals surface area contributed by atoms with Gasteiger partial charge in [-0.2, -0.15) is 5.10 Å². The van der Waals surface area contributed by atoms with Gasteiger partial charge in [-0.15, -0.1) is 0 Å². The second kappa shape index (κ2) is 3.73. The van der Waals surface area contributed by atoms with E-state index in [-0.39, 0.29) is 0 Å². The quantitative estimate of drug-likeness (QED) is 0.803. The van der Waals surface area contributed by atoms with E-state index in [9.17, 15) is 0 Å². The Morgan fingerprint density at radius 2 is 2.13 bits per heavy atom. The van der Waals surface area contributed by atoms with Crippen molar-refractivity contribution in [3.05, 3.63) is 41.3 Å². The fourth-order valence-electron chi connectivity index (χ4n) is 1.47. The van der Waals surface area contributed by atoms with E-state index in [2.05, 4.69) is 10.1 Å². The Morgan fingerprint density at radius 3 is 2.73 bits per heavy atom. The number of aromatic nitrogens is 3. The van der Waals surface area contributed by atoms with Gasteiger partial charge in [0.05, 0.1) is 12.2 Å². The molecule has 0 aliphatic carbocycles. The topological polar surface area (TPSA) is 56.7 Å². The van der Waals surface area contributed by atoms with E-state index in [1.54, 1.807) is 0 Å². The van der Waals surface area contributed by atoms with E-state index >= 15 is 0 Å². The number of aryl methyl sites for hydroxylation is 2. The Kier molecular flexibility index (Phi) is 2.41. The number of hydrogen-bond donors (Lipinski definition) is 1. The molecule has 0 bridgehead atoms. The molecule has 0 amide bonds. The van der Waals surface area contributed by atoms with Crippen LogP contribution in [0.2, 0.25) is 0 Å². The van der Waals surface area contributed by atoms with Crippen LogP contribution in [0.25, 0.3) is 0 Å². The zero-order valence-corrected chi connectivity index (χ0v) is 8.94. The molecule has 78 valence electrons. The average Bonchev–Trinajstić information content (AvgIpc) is 2.45. The van der Waals surface area contributed by atoms with Gasteiger partial charge in [0.15, 0.2) is 0 Å². The Bertz CT molecular complexity index is 454. The van der Waals surface area contributed by atoms with Gasteiger partial charge in [-0.3, -0.25) is 9.67 Å². The van der Waals surface area contributed by atoms with Crippen molar-refractivity contribution in [3.8, 4) is 0 Å². The van der Waals surface area contributed by atoms with Crippen LogP contribution in [0.4, 0.5) is 5.82 Å². The van der Waals surface area contributed by atoms with Gasteiger partial charge < -0.3 is 5.73 Å². The molecular weight excluding hydrogens is 188 g/mol. The monoisotopic (exact) mass is 202 g/mol. The third-order valence-electron chi connectivity index (χ3n) is 2.25. The van der Waals surface area contributed by atoms with E-state index in [0.29, 0.717) is 12.4 Å². The van der Waals surface area contributed by atoms with Crippen LogP contribution in [-0.4, -0.2) is 14.8 Å². The summed E-state index contributed by atoms with van der Waals surface area (Å²) in [5.74, 6) is 0.586. The Morgan fingerprint density at radius 1 is 1.33 bits per heavy atom. The van der Waals surface area contributed by atoms with Crippen LogP contribution < -0.4 is 5.73 Å². The van der Waals surface area contributed by atoms with Crippen molar-refractivity contribution in [3.63, 3.8) is 0 Å². The fourth-order valence-corrected chi connectivity index (χ4v) is 1.47. The van der Waals surface area contributed by atoms with Crippen LogP contribution in [0, 0.1) is 13.8 Å². The molecule has 0 saturated heterocycles. The van der Waals surface area contributed by atoms with Gasteiger partial charge in [0.1, 0.15) is 5.82 Å². The van der Waals surface area contributed by atoms with Crippen molar-refractivity contribution in [2.45, 2.75) is 20.4 Å². The van der Waals surface area contributed by atoms with Gasteiger partial charge in [-0.25, -0.2) is 0 Å². The number of hydrogen-bond acceptors (Lipinski definition) is 3. The minimum Gasteiger partial charge on any atom is -0.382 e. The van der Waals surface area contributed by atoms with Crippen LogP contribution in [-0.2, 0) is 6.54 Å². The molecule has 15 heavy (non-hydrogen) atoms. The number of nitrogens with zero attached hydrogens (tertiary/aromatic N) is 3. The summed E-state index contributed by atoms with van der Waals surface area (Å²) in [6.45, 7) is 4.59. The first-order valence-electron chi connectivity index (χ1n) is 4.87. The Labute approximate surface area is 88.8 Å². The van der Waals surface area contributed by atoms with E-state index < -0.39 is 0 Å². The lowest BCUT2D eigenvalue weighted by atomic mass is 10.3. The predicted molar refractivity (Wildman–Crippen MR) is 59.5 cm³/mol. The van der Waals surface area contributed by atoms with Crippen molar-refractivity contribution in [1.29, 1.82) is 0 Å². The molecule has 4 heteroatoms. The van der Waals surface area contributed by atoms with E-state index in [1.807, 2.05) is 42.9 Å². The molecule has 2 heterocycles. The van der Waals surface area contributed by atoms with Crippen LogP contribution in [0.3, 0.4) is 0 Å². The fraction of sp³-hybridized carbons (Fsp3) is 0.273. The molecule has 0 spiro atoms. The Balaban J connectivity index is 2.22. The van der Waals surface area contributed by atoms with Crippen molar-refractivity contribution < 1.29 is 0 Å². The Hall–Kier alpha value is -1.84. The minimum absolute atomic E-state index is 0.586. The highest BCUT2D eigenvalue weighted by Crippen LogP contribution is 2.08. The number of nitrogens with two attached hydrogens (primary N) is 1. The molecule has 2 N–H and O–H groups in total. The van der Waals surface area contributed by atoms with Crippen LogP contribution in [0.15, 0.2) is 24.4 Å². The van der Waals surface area contributed by atoms with Crippen molar-refractivity contribution in [2.24, 2.45) is 0 Å². The van der Waals surface area contributed by atoms with Gasteiger partial charge in [0.2, 0.25) is 0 Å². The number of anilines is 1. The molecule has 2 aromatic heterocycles. The molecule has 0 unspecified atom stereocenters. The average molecular weight is 202 g/mol. The second-order valence-electron chi connectivity index (χ2n) is 3.67. The van der Waals surface area contributed by atoms with E-state index in [1.165, 1.54) is 0 Å². The van der Waals surface area contributed by atoms with E-state index in [0.717, 1.165) is 17.0 Å². The highest BCUT2D eigenvalue weighted by Gasteiger charge is 2.02. The normalized spacial score (nSPS) is 10.5. The summed E-state index contributed by atoms with van der Waals surface area (Å²) < 4.78 is 1.81. The molecule has 0 aliphatic heterocycles. The summed E-state index contributed by atoms with van der Waals surface area (Å²) >= 11 is 0. The van der Waals surface area contributed by atoms with Crippen molar-refractivity contribution in [1.82, 2.24) is 14.8 Å². The largest absolute Gasteiger partial charge is 0.382 e. The first-order valence-corrected chi connectivity index (χ1v) is 4.87. The first kappa shape index (κ1) is 9.71. The summed E-state index contributed by atoms with van der Waals surface area (Å²) in [5, 5.41) is 4.19. The lowest BCUT2D eigenvalue weighted by Crippen LogP contribution is -2.03. The van der Waals surface area contributed by atoms with Crippen LogP contribution in [0.5, 0.6) is 0 Å². The SMILES string of the molecule is Cc1cccc(Cn2cc(C)c(N)n2)n1. The molecule has 0 saturated carbocycles. The summed E-state index contributed by atoms with van der Waals surface area (Å²) in [6, 6.07) is 5.96. The van der Waals surface area contributed by atoms with Crippen molar-refractivity contribution in [2.75, 3.05) is 5.73 Å². The number of nitrogen functional groups attached to an aromatic ring is 1. The van der Waals surface area contributed by atoms with Gasteiger partial charge >= 0.3 is 0 Å². The predicted octanol–water partition coefficient (Wildman–Crippen LogP) is 1.53. The third kappa shape index (κ3) is 2.15. The molecule has 0 fully saturated rings. The molecule has 0 aromatic carbocycles. The van der Waals surface area contributed by atoms with Crippen LogP contribution in [0.1, 0.15) is 17.0 Å². The molecule has 4 nitrogen and oxygen atoms in total. The molecule has 0 atom stereocenters. The molecule has 2 aromatic rings. The summed E-state index contributed by atoms with van der Waals surface area (Å²) in [6.07, 6.45) is 1.93. The molecular formula is C11H14N4. The minimum atomic E-state index is 0.586. The maximum atomic E-state index is 5.67. The van der Waals surface area contributed by atoms with Gasteiger partial charge in [0.25, 0.3) is 0 Å². The van der Waals surface area contributed by atoms with Gasteiger partial charge in [-0.1, -0.05) is 6.07 Å². The zero-order chi connectivity index (χ0) is 10.8. The summed E-state index contributed by atoms with van der Waals surface area (Å²) in [4.78, 5) is 4.41. The maximum absolute atomic E-state index is 5.67. The first-order chi connectivity index (χ1) is 7.15. The molecule has 0 radical (unpaired) electrons. The molecule has 0 aliphatic rings. The summed E-state index contributed by atoms with van der Waals surface area (Å²) in [7, 11) is 0. The van der Waals surface area contributed by atoms with Crippen molar-refractivity contribution >= 4 is 5.82 Å². The number of pyridine rings is 1. The maximum Gasteiger partial charge on any atom is 0.148 e. The van der Waals surface area contributed by atoms with Gasteiger partial charge in [-0.05, 0) is 26.0 Å². The lowest BCUT2D eigenvalue weighted by Gasteiger charge is -2.01. The molecule has 2 rings (SSSR count). The highest BCUT2D eigenvalue weighted by atomic mass is 15.3. The number of rotatable bonds is 2. The van der Waals surface area contributed by atoms with Gasteiger partial charge in [0, 0.05) is 17.5 Å². The zero-order valence-electron chi connectivity index (χ0n) is 8.94. The second-order valence-corrected chi connectivity index (χ2v) is 3.67. The van der Waals surface area contributed by atoms with Crippen LogP contribution >= 0.6 is 0 Å². The lowest BCUT2D eigenvalue weighted by molar-refractivity contribution is 0.673. The highest BCUT2D eigenvalue weighted by molar-refractivity contribution is 5.35. The third-order valence-corrected chi connectivity index (χ3v) is 2.25. The smallest absolute Gasteiger partial charge is 0.148 e. The summed E-state index contributed by atoms with van der Waals surface area (Å²) in [5.41, 5.74) is 8.69. The standard InChI is InChI=1S/C11H14N4/c1-8-6-15(14-11(8)12)7-10-5-3-4-9(2)13-10/h3-6H,7H2,1-2H3,(H2,12,14). The van der Waals surface area contributed by atoms with E-state index in [4.69, 9.17) is 5.73 Å².